The van der Waals surface area contributed by atoms with Gasteiger partial charge in [0.15, 0.2) is 5.75 Å². The Morgan fingerprint density at radius 3 is 2.60 bits per heavy atom. The first-order chi connectivity index (χ1) is 9.69. The van der Waals surface area contributed by atoms with Gasteiger partial charge in [0.1, 0.15) is 0 Å². The summed E-state index contributed by atoms with van der Waals surface area (Å²) in [5.74, 6) is 1.38. The zero-order chi connectivity index (χ0) is 14.4. The van der Waals surface area contributed by atoms with E-state index in [1.54, 1.807) is 0 Å². The van der Waals surface area contributed by atoms with Gasteiger partial charge in [-0.25, -0.2) is 9.97 Å². The summed E-state index contributed by atoms with van der Waals surface area (Å²) >= 11 is 0. The molecule has 0 radical (unpaired) electrons. The maximum Gasteiger partial charge on any atom is 0.308 e. The van der Waals surface area contributed by atoms with E-state index in [2.05, 4.69) is 14.9 Å². The number of piperidine rings is 1. The maximum absolute atomic E-state index is 10.8. The van der Waals surface area contributed by atoms with E-state index in [0.29, 0.717) is 17.6 Å². The van der Waals surface area contributed by atoms with Crippen molar-refractivity contribution in [1.29, 1.82) is 0 Å². The number of anilines is 1. The standard InChI is InChI=1S/C14H21N3O3/c1-11(19)20-13-9-15-14(16-10-13)17-6-4-12(5-7-17)3-2-8-18/h9-10,12,18H,2-8H2,1H3. The van der Waals surface area contributed by atoms with Crippen molar-refractivity contribution in [2.75, 3.05) is 24.6 Å². The lowest BCUT2D eigenvalue weighted by atomic mass is 9.92. The third-order valence-electron chi connectivity index (χ3n) is 3.54. The Balaban J connectivity index is 1.85. The predicted molar refractivity (Wildman–Crippen MR) is 74.6 cm³/mol. The molecule has 0 aliphatic carbocycles. The lowest BCUT2D eigenvalue weighted by Crippen LogP contribution is -2.34. The second kappa shape index (κ2) is 7.19. The van der Waals surface area contributed by atoms with Gasteiger partial charge in [-0.2, -0.15) is 0 Å². The molecule has 6 nitrogen and oxygen atoms in total. The van der Waals surface area contributed by atoms with Gasteiger partial charge in [0.25, 0.3) is 0 Å². The quantitative estimate of drug-likeness (QED) is 0.821. The maximum atomic E-state index is 10.8. The number of ether oxygens (including phenoxy) is 1. The minimum atomic E-state index is -0.369. The molecule has 1 aliphatic heterocycles. The van der Waals surface area contributed by atoms with E-state index in [-0.39, 0.29) is 12.6 Å². The van der Waals surface area contributed by atoms with Gasteiger partial charge in [0.05, 0.1) is 12.4 Å². The van der Waals surface area contributed by atoms with E-state index in [9.17, 15) is 4.79 Å². The molecule has 0 aromatic carbocycles. The van der Waals surface area contributed by atoms with Gasteiger partial charge in [-0.15, -0.1) is 0 Å². The van der Waals surface area contributed by atoms with Crippen LogP contribution in [0, 0.1) is 5.92 Å². The van der Waals surface area contributed by atoms with Gasteiger partial charge in [-0.3, -0.25) is 4.79 Å². The topological polar surface area (TPSA) is 75.5 Å². The molecule has 20 heavy (non-hydrogen) atoms. The molecule has 0 bridgehead atoms. The van der Waals surface area contributed by atoms with Crippen molar-refractivity contribution in [1.82, 2.24) is 9.97 Å². The Labute approximate surface area is 118 Å². The van der Waals surface area contributed by atoms with Crippen LogP contribution in [0.2, 0.25) is 0 Å². The van der Waals surface area contributed by atoms with Crippen molar-refractivity contribution in [3.8, 4) is 5.75 Å². The van der Waals surface area contributed by atoms with Crippen LogP contribution in [0.1, 0.15) is 32.6 Å². The van der Waals surface area contributed by atoms with Crippen molar-refractivity contribution in [2.45, 2.75) is 32.6 Å². The van der Waals surface area contributed by atoms with Crippen LogP contribution in [0.25, 0.3) is 0 Å². The summed E-state index contributed by atoms with van der Waals surface area (Å²) in [5.41, 5.74) is 0. The van der Waals surface area contributed by atoms with Gasteiger partial charge < -0.3 is 14.7 Å². The van der Waals surface area contributed by atoms with Gasteiger partial charge in [-0.1, -0.05) is 0 Å². The molecule has 0 amide bonds. The monoisotopic (exact) mass is 279 g/mol. The van der Waals surface area contributed by atoms with Gasteiger partial charge in [0.2, 0.25) is 5.95 Å². The molecule has 1 fully saturated rings. The van der Waals surface area contributed by atoms with Crippen LogP contribution in [-0.2, 0) is 4.79 Å². The van der Waals surface area contributed by atoms with E-state index in [1.807, 2.05) is 0 Å². The number of hydrogen-bond donors (Lipinski definition) is 1. The third-order valence-corrected chi connectivity index (χ3v) is 3.54. The second-order valence-corrected chi connectivity index (χ2v) is 5.11. The van der Waals surface area contributed by atoms with Crippen molar-refractivity contribution in [3.05, 3.63) is 12.4 Å². The van der Waals surface area contributed by atoms with Crippen molar-refractivity contribution in [2.24, 2.45) is 5.92 Å². The van der Waals surface area contributed by atoms with E-state index < -0.39 is 0 Å². The minimum Gasteiger partial charge on any atom is -0.423 e. The average molecular weight is 279 g/mol. The van der Waals surface area contributed by atoms with E-state index in [0.717, 1.165) is 38.8 Å². The molecule has 1 aromatic heterocycles. The summed E-state index contributed by atoms with van der Waals surface area (Å²) in [6.07, 6.45) is 7.25. The number of aliphatic hydroxyl groups is 1. The Kier molecular flexibility index (Phi) is 5.29. The number of rotatable bonds is 5. The van der Waals surface area contributed by atoms with E-state index in [4.69, 9.17) is 9.84 Å². The number of carbonyl (C=O) groups is 1. The molecular formula is C14H21N3O3. The van der Waals surface area contributed by atoms with Crippen LogP contribution >= 0.6 is 0 Å². The molecule has 1 aromatic rings. The highest BCUT2D eigenvalue weighted by atomic mass is 16.5. The first kappa shape index (κ1) is 14.7. The summed E-state index contributed by atoms with van der Waals surface area (Å²) < 4.78 is 4.91. The second-order valence-electron chi connectivity index (χ2n) is 5.11. The molecule has 2 heterocycles. The van der Waals surface area contributed by atoms with Crippen LogP contribution in [0.3, 0.4) is 0 Å². The molecule has 0 atom stereocenters. The van der Waals surface area contributed by atoms with Crippen LogP contribution in [-0.4, -0.2) is 40.7 Å². The molecule has 0 unspecified atom stereocenters. The molecule has 110 valence electrons. The van der Waals surface area contributed by atoms with Crippen molar-refractivity contribution in [3.63, 3.8) is 0 Å². The number of carbonyl (C=O) groups excluding carboxylic acids is 1. The Morgan fingerprint density at radius 2 is 2.05 bits per heavy atom. The van der Waals surface area contributed by atoms with Gasteiger partial charge in [-0.05, 0) is 31.6 Å². The number of aliphatic hydroxyl groups excluding tert-OH is 1. The molecular weight excluding hydrogens is 258 g/mol. The molecule has 2 rings (SSSR count). The fourth-order valence-electron chi connectivity index (χ4n) is 2.49. The Hall–Kier alpha value is -1.69. The minimum absolute atomic E-state index is 0.279. The van der Waals surface area contributed by atoms with Gasteiger partial charge in [0, 0.05) is 26.6 Å². The molecule has 1 saturated heterocycles. The SMILES string of the molecule is CC(=O)Oc1cnc(N2CCC(CCCO)CC2)nc1. The summed E-state index contributed by atoms with van der Waals surface area (Å²) in [6, 6.07) is 0. The highest BCUT2D eigenvalue weighted by Gasteiger charge is 2.20. The lowest BCUT2D eigenvalue weighted by molar-refractivity contribution is -0.131. The Bertz CT molecular complexity index is 428. The van der Waals surface area contributed by atoms with Crippen LogP contribution in [0.4, 0.5) is 5.95 Å². The van der Waals surface area contributed by atoms with E-state index in [1.165, 1.54) is 19.3 Å². The first-order valence-electron chi connectivity index (χ1n) is 7.05. The van der Waals surface area contributed by atoms with Crippen LogP contribution in [0.5, 0.6) is 5.75 Å². The highest BCUT2D eigenvalue weighted by molar-refractivity contribution is 5.69. The summed E-state index contributed by atoms with van der Waals surface area (Å²) in [4.78, 5) is 21.4. The zero-order valence-corrected chi connectivity index (χ0v) is 11.8. The Morgan fingerprint density at radius 1 is 1.40 bits per heavy atom. The lowest BCUT2D eigenvalue weighted by Gasteiger charge is -2.31. The molecule has 0 spiro atoms. The van der Waals surface area contributed by atoms with Crippen LogP contribution < -0.4 is 9.64 Å². The van der Waals surface area contributed by atoms with Gasteiger partial charge >= 0.3 is 5.97 Å². The number of esters is 1. The highest BCUT2D eigenvalue weighted by Crippen LogP contribution is 2.24. The first-order valence-corrected chi connectivity index (χ1v) is 7.05. The fourth-order valence-corrected chi connectivity index (χ4v) is 2.49. The summed E-state index contributed by atoms with van der Waals surface area (Å²) in [7, 11) is 0. The molecule has 0 saturated carbocycles. The van der Waals surface area contributed by atoms with E-state index >= 15 is 0 Å². The summed E-state index contributed by atoms with van der Waals surface area (Å²) in [5, 5.41) is 8.85. The smallest absolute Gasteiger partial charge is 0.308 e. The average Bonchev–Trinajstić information content (AvgIpc) is 2.46. The fraction of sp³-hybridized carbons (Fsp3) is 0.643. The van der Waals surface area contributed by atoms with Crippen molar-refractivity contribution < 1.29 is 14.6 Å². The third kappa shape index (κ3) is 4.16. The zero-order valence-electron chi connectivity index (χ0n) is 11.8. The summed E-state index contributed by atoms with van der Waals surface area (Å²) in [6.45, 7) is 3.50. The predicted octanol–water partition coefficient (Wildman–Crippen LogP) is 1.39. The molecule has 1 aliphatic rings. The van der Waals surface area contributed by atoms with Crippen LogP contribution in [0.15, 0.2) is 12.4 Å². The number of hydrogen-bond acceptors (Lipinski definition) is 6. The molecule has 1 N–H and O–H groups in total. The molecule has 6 heteroatoms. The normalized spacial score (nSPS) is 16.2. The number of nitrogens with zero attached hydrogens (tertiary/aromatic N) is 3. The number of aromatic nitrogens is 2. The largest absolute Gasteiger partial charge is 0.423 e. The van der Waals surface area contributed by atoms with Crippen molar-refractivity contribution >= 4 is 11.9 Å².